The van der Waals surface area contributed by atoms with Crippen LogP contribution in [0, 0.1) is 5.92 Å². The van der Waals surface area contributed by atoms with Crippen LogP contribution in [0.1, 0.15) is 36.8 Å². The monoisotopic (exact) mass is 579 g/mol. The van der Waals surface area contributed by atoms with E-state index in [0.717, 1.165) is 18.4 Å². The molecule has 1 amide bonds. The van der Waals surface area contributed by atoms with Crippen LogP contribution in [-0.4, -0.2) is 66.9 Å². The number of alkyl halides is 1. The first-order chi connectivity index (χ1) is 17.7. The van der Waals surface area contributed by atoms with Gasteiger partial charge in [0.2, 0.25) is 6.17 Å². The Balaban J connectivity index is 1.59. The number of aliphatic imine (C=N–C) groups is 1. The topological polar surface area (TPSA) is 60.0 Å². The Morgan fingerprint density at radius 1 is 1.16 bits per heavy atom. The number of amides is 1. The lowest BCUT2D eigenvalue weighted by Gasteiger charge is -2.38. The minimum absolute atomic E-state index is 0.148. The third-order valence-corrected chi connectivity index (χ3v) is 8.52. The van der Waals surface area contributed by atoms with Gasteiger partial charge in [-0.15, -0.1) is 11.6 Å². The molecule has 1 aliphatic carbocycles. The molecule has 1 aliphatic heterocycles. The molecule has 6 nitrogen and oxygen atoms in total. The van der Waals surface area contributed by atoms with E-state index in [9.17, 15) is 4.79 Å². The molecule has 2 aliphatic rings. The number of carbonyl (C=O) groups excluding carboxylic acids is 1. The van der Waals surface area contributed by atoms with Gasteiger partial charge in [-0.1, -0.05) is 54.2 Å². The number of benzene rings is 2. The quantitative estimate of drug-likeness (QED) is 0.358. The van der Waals surface area contributed by atoms with E-state index >= 15 is 0 Å². The molecule has 2 aromatic rings. The Bertz CT molecular complexity index is 1190. The first-order valence-electron chi connectivity index (χ1n) is 12.4. The predicted octanol–water partition coefficient (Wildman–Crippen LogP) is 5.33. The van der Waals surface area contributed by atoms with E-state index in [1.165, 1.54) is 12.8 Å². The number of halogens is 3. The second-order valence-electron chi connectivity index (χ2n) is 9.77. The van der Waals surface area contributed by atoms with Gasteiger partial charge >= 0.3 is 0 Å². The summed E-state index contributed by atoms with van der Waals surface area (Å²) in [6.07, 6.45) is 3.54. The van der Waals surface area contributed by atoms with Crippen molar-refractivity contribution in [1.82, 2.24) is 15.5 Å². The molecule has 4 rings (SSSR count). The normalized spacial score (nSPS) is 22.7. The highest BCUT2D eigenvalue weighted by Gasteiger charge is 2.33. The summed E-state index contributed by atoms with van der Waals surface area (Å²) in [7, 11) is 5.84. The highest BCUT2D eigenvalue weighted by Crippen LogP contribution is 2.33. The van der Waals surface area contributed by atoms with E-state index in [0.29, 0.717) is 44.6 Å². The van der Waals surface area contributed by atoms with Gasteiger partial charge in [0.05, 0.1) is 11.4 Å². The van der Waals surface area contributed by atoms with E-state index in [4.69, 9.17) is 52.0 Å². The Morgan fingerprint density at radius 3 is 2.59 bits per heavy atom. The van der Waals surface area contributed by atoms with Crippen molar-refractivity contribution in [1.29, 1.82) is 0 Å². The fraction of sp³-hybridized carbons (Fsp3) is 0.444. The molecule has 4 atom stereocenters. The minimum atomic E-state index is -0.948. The average Bonchev–Trinajstić information content (AvgIpc) is 2.96. The number of carbonyl (C=O) groups is 1. The second-order valence-corrected chi connectivity index (χ2v) is 11.6. The Morgan fingerprint density at radius 2 is 1.89 bits per heavy atom. The molecule has 2 aromatic carbocycles. The van der Waals surface area contributed by atoms with Gasteiger partial charge in [0.25, 0.3) is 5.91 Å². The van der Waals surface area contributed by atoms with Gasteiger partial charge in [-0.3, -0.25) is 4.79 Å². The van der Waals surface area contributed by atoms with Crippen molar-refractivity contribution in [3.8, 4) is 0 Å². The molecule has 0 spiro atoms. The summed E-state index contributed by atoms with van der Waals surface area (Å²) in [5, 5.41) is 8.01. The number of nitrogens with zero attached hydrogens (tertiary/aromatic N) is 3. The summed E-state index contributed by atoms with van der Waals surface area (Å²) < 4.78 is 0. The number of fused-ring (bicyclic) bond motifs is 1. The minimum Gasteiger partial charge on any atom is -0.361 e. The molecular weight excluding hydrogens is 549 g/mol. The molecule has 198 valence electrons. The van der Waals surface area contributed by atoms with Gasteiger partial charge in [0.1, 0.15) is 0 Å². The van der Waals surface area contributed by atoms with Crippen LogP contribution >= 0.6 is 47.0 Å². The van der Waals surface area contributed by atoms with Crippen LogP contribution in [0.15, 0.2) is 47.5 Å². The van der Waals surface area contributed by atoms with Crippen LogP contribution in [0.4, 0.5) is 5.69 Å². The molecule has 1 heterocycles. The lowest BCUT2D eigenvalue weighted by molar-refractivity contribution is -0.119. The second kappa shape index (κ2) is 12.3. The summed E-state index contributed by atoms with van der Waals surface area (Å²) in [4.78, 5) is 22.1. The van der Waals surface area contributed by atoms with Crippen LogP contribution in [0.5, 0.6) is 0 Å². The van der Waals surface area contributed by atoms with Crippen molar-refractivity contribution >= 4 is 69.4 Å². The average molecular weight is 581 g/mol. The van der Waals surface area contributed by atoms with Gasteiger partial charge in [-0.2, -0.15) is 0 Å². The zero-order valence-corrected chi connectivity index (χ0v) is 24.3. The Labute approximate surface area is 239 Å². The molecule has 0 aromatic heterocycles. The van der Waals surface area contributed by atoms with Gasteiger partial charge < -0.3 is 20.4 Å². The summed E-state index contributed by atoms with van der Waals surface area (Å²) in [6, 6.07) is 13.0. The molecule has 37 heavy (non-hydrogen) atoms. The number of thiocarbonyl (C=S) groups is 1. The summed E-state index contributed by atoms with van der Waals surface area (Å²) in [5.74, 6) is 0.127. The Kier molecular flexibility index (Phi) is 9.35. The number of benzodiazepines with no additional fused rings is 1. The molecule has 0 saturated heterocycles. The van der Waals surface area contributed by atoms with Crippen molar-refractivity contribution in [3.05, 3.63) is 63.6 Å². The number of hydrogen-bond donors (Lipinski definition) is 2. The van der Waals surface area contributed by atoms with Crippen molar-refractivity contribution in [3.63, 3.8) is 0 Å². The zero-order chi connectivity index (χ0) is 26.7. The van der Waals surface area contributed by atoms with Gasteiger partial charge in [-0.05, 0) is 69.3 Å². The van der Waals surface area contributed by atoms with Crippen molar-refractivity contribution in [2.24, 2.45) is 10.9 Å². The standard InChI is InChI=1S/C27H32Cl3N5OS/c1-34(2)23(17-8-4-6-10-20(17)29)15-31-27(37)33-25-26(36)35(3)22-13-12-16(28)14-19(22)24(32-25)18-9-5-7-11-21(18)30/h5,7,9,11-14,17,20,23,25H,4,6,8,10,15H2,1-3H3,(H2,31,33,37). The summed E-state index contributed by atoms with van der Waals surface area (Å²) >= 11 is 25.2. The SMILES string of the molecule is CN1C(=O)C(NC(=S)NCC(C2CCCCC2Cl)N(C)C)N=C(c2ccccc2Cl)c2cc(Cl)ccc21. The molecule has 4 unspecified atom stereocenters. The van der Waals surface area contributed by atoms with E-state index < -0.39 is 6.17 Å². The van der Waals surface area contributed by atoms with Crippen molar-refractivity contribution in [2.45, 2.75) is 43.3 Å². The smallest absolute Gasteiger partial charge is 0.272 e. The van der Waals surface area contributed by atoms with Gasteiger partial charge in [0.15, 0.2) is 5.11 Å². The first-order valence-corrected chi connectivity index (χ1v) is 14.0. The van der Waals surface area contributed by atoms with Crippen LogP contribution < -0.4 is 15.5 Å². The largest absolute Gasteiger partial charge is 0.361 e. The maximum atomic E-state index is 13.5. The van der Waals surface area contributed by atoms with Gasteiger partial charge in [0, 0.05) is 46.2 Å². The number of likely N-dealkylation sites (N-methyl/N-ethyl adjacent to an activating group) is 2. The molecule has 2 N–H and O–H groups in total. The van der Waals surface area contributed by atoms with Crippen molar-refractivity contribution in [2.75, 3.05) is 32.6 Å². The lowest BCUT2D eigenvalue weighted by Crippen LogP contribution is -2.53. The molecule has 0 bridgehead atoms. The molecule has 0 radical (unpaired) electrons. The fourth-order valence-electron chi connectivity index (χ4n) is 5.15. The maximum absolute atomic E-state index is 13.5. The summed E-state index contributed by atoms with van der Waals surface area (Å²) in [5.41, 5.74) is 2.69. The van der Waals surface area contributed by atoms with E-state index in [1.807, 2.05) is 24.3 Å². The van der Waals surface area contributed by atoms with Crippen LogP contribution in [0.3, 0.4) is 0 Å². The third-order valence-electron chi connectivity index (χ3n) is 7.16. The Hall–Kier alpha value is -1.90. The number of hydrogen-bond acceptors (Lipinski definition) is 4. The zero-order valence-electron chi connectivity index (χ0n) is 21.2. The van der Waals surface area contributed by atoms with E-state index in [2.05, 4.69) is 29.6 Å². The number of rotatable bonds is 6. The molecule has 1 saturated carbocycles. The predicted molar refractivity (Wildman–Crippen MR) is 159 cm³/mol. The fourth-order valence-corrected chi connectivity index (χ4v) is 6.19. The first kappa shape index (κ1) is 28.1. The molecular formula is C27H32Cl3N5OS. The maximum Gasteiger partial charge on any atom is 0.272 e. The highest BCUT2D eigenvalue weighted by atomic mass is 35.5. The van der Waals surface area contributed by atoms with E-state index in [-0.39, 0.29) is 17.3 Å². The van der Waals surface area contributed by atoms with E-state index in [1.54, 1.807) is 30.1 Å². The van der Waals surface area contributed by atoms with Crippen LogP contribution in [-0.2, 0) is 4.79 Å². The number of anilines is 1. The third kappa shape index (κ3) is 6.40. The van der Waals surface area contributed by atoms with Crippen molar-refractivity contribution < 1.29 is 4.79 Å². The van der Waals surface area contributed by atoms with Crippen LogP contribution in [0.25, 0.3) is 0 Å². The summed E-state index contributed by atoms with van der Waals surface area (Å²) in [6.45, 7) is 0.611. The molecule has 10 heteroatoms. The van der Waals surface area contributed by atoms with Gasteiger partial charge in [-0.25, -0.2) is 4.99 Å². The molecule has 1 fully saturated rings. The highest BCUT2D eigenvalue weighted by molar-refractivity contribution is 7.80. The lowest BCUT2D eigenvalue weighted by atomic mass is 9.83. The van der Waals surface area contributed by atoms with Crippen LogP contribution in [0.2, 0.25) is 10.0 Å². The number of nitrogens with one attached hydrogen (secondary N) is 2.